The number of rotatable bonds is 2. The third-order valence-corrected chi connectivity index (χ3v) is 4.13. The molecular weight excluding hydrogens is 448 g/mol. The van der Waals surface area contributed by atoms with Crippen LogP contribution in [0.5, 0.6) is 0 Å². The minimum Gasteiger partial charge on any atom is -0.475 e. The highest BCUT2D eigenvalue weighted by Gasteiger charge is 2.38. The summed E-state index contributed by atoms with van der Waals surface area (Å²) in [6.45, 7) is 6.03. The molecule has 0 spiro atoms. The Morgan fingerprint density at radius 2 is 1.52 bits per heavy atom. The van der Waals surface area contributed by atoms with Crippen molar-refractivity contribution in [1.82, 2.24) is 19.9 Å². The van der Waals surface area contributed by atoms with Gasteiger partial charge in [-0.25, -0.2) is 14.2 Å². The smallest absolute Gasteiger partial charge is 0.475 e. The van der Waals surface area contributed by atoms with Crippen LogP contribution in [0.15, 0.2) is 40.2 Å². The van der Waals surface area contributed by atoms with Crippen LogP contribution in [0.3, 0.4) is 0 Å². The van der Waals surface area contributed by atoms with Gasteiger partial charge in [0.2, 0.25) is 0 Å². The molecule has 1 aromatic carbocycles. The fraction of sp³-hybridized carbons (Fsp3) is 0.238. The van der Waals surface area contributed by atoms with Crippen molar-refractivity contribution in [2.45, 2.75) is 32.4 Å². The Morgan fingerprint density at radius 1 is 1.00 bits per heavy atom. The number of alkyl halides is 3. The van der Waals surface area contributed by atoms with E-state index in [-0.39, 0.29) is 21.7 Å². The zero-order valence-corrected chi connectivity index (χ0v) is 17.7. The van der Waals surface area contributed by atoms with Gasteiger partial charge in [-0.15, -0.1) is 0 Å². The summed E-state index contributed by atoms with van der Waals surface area (Å²) in [7, 11) is 0. The lowest BCUT2D eigenvalue weighted by atomic mass is 9.90. The fourth-order valence-corrected chi connectivity index (χ4v) is 2.60. The first-order chi connectivity index (χ1) is 15.2. The van der Waals surface area contributed by atoms with E-state index in [9.17, 15) is 27.2 Å². The van der Waals surface area contributed by atoms with Gasteiger partial charge in [0.25, 0.3) is 11.1 Å². The summed E-state index contributed by atoms with van der Waals surface area (Å²) in [6, 6.07) is 6.00. The van der Waals surface area contributed by atoms with Gasteiger partial charge < -0.3 is 20.1 Å². The van der Waals surface area contributed by atoms with Gasteiger partial charge in [-0.1, -0.05) is 39.0 Å². The second-order valence-electron chi connectivity index (χ2n) is 7.76. The van der Waals surface area contributed by atoms with Gasteiger partial charge in [-0.05, 0) is 18.2 Å². The molecule has 8 nitrogen and oxygen atoms in total. The summed E-state index contributed by atoms with van der Waals surface area (Å²) in [6.07, 6.45) is -0.724. The van der Waals surface area contributed by atoms with Crippen molar-refractivity contribution in [2.24, 2.45) is 0 Å². The lowest BCUT2D eigenvalue weighted by Crippen LogP contribution is -2.46. The van der Waals surface area contributed by atoms with E-state index in [1.165, 1.54) is 24.3 Å². The highest BCUT2D eigenvalue weighted by atomic mass is 19.4. The minimum atomic E-state index is -5.08. The number of carboxylic acids is 1. The molecule has 12 heteroatoms. The van der Waals surface area contributed by atoms with Crippen molar-refractivity contribution in [2.75, 3.05) is 0 Å². The first-order valence-electron chi connectivity index (χ1n) is 9.34. The maximum absolute atomic E-state index is 13.7. The van der Waals surface area contributed by atoms with E-state index >= 15 is 0 Å². The fourth-order valence-electron chi connectivity index (χ4n) is 2.60. The van der Waals surface area contributed by atoms with E-state index in [2.05, 4.69) is 19.9 Å². The molecule has 0 radical (unpaired) electrons. The Hall–Kier alpha value is -3.96. The van der Waals surface area contributed by atoms with E-state index in [4.69, 9.17) is 9.90 Å². The van der Waals surface area contributed by atoms with Crippen molar-refractivity contribution in [3.63, 3.8) is 0 Å². The molecule has 0 unspecified atom stereocenters. The lowest BCUT2D eigenvalue weighted by molar-refractivity contribution is -0.192. The number of hydrogen-bond acceptors (Lipinski definition) is 4. The number of carboxylic acid groups (broad SMARTS) is 1. The van der Waals surface area contributed by atoms with Crippen LogP contribution in [0.25, 0.3) is 12.2 Å². The summed E-state index contributed by atoms with van der Waals surface area (Å²) < 4.78 is 45.5. The predicted octanol–water partition coefficient (Wildman–Crippen LogP) is 1.51. The molecule has 0 saturated heterocycles. The first kappa shape index (κ1) is 25.3. The van der Waals surface area contributed by atoms with Gasteiger partial charge in [-0.3, -0.25) is 9.59 Å². The largest absolute Gasteiger partial charge is 0.490 e. The van der Waals surface area contributed by atoms with Crippen LogP contribution < -0.4 is 21.8 Å². The molecule has 0 aliphatic rings. The van der Waals surface area contributed by atoms with Crippen LogP contribution in [0.2, 0.25) is 0 Å². The quantitative estimate of drug-likeness (QED) is 0.424. The summed E-state index contributed by atoms with van der Waals surface area (Å²) in [5.41, 5.74) is 0.424. The van der Waals surface area contributed by atoms with Gasteiger partial charge in [0.1, 0.15) is 16.5 Å². The molecular formula is C21H20F4N4O4. The van der Waals surface area contributed by atoms with Crippen LogP contribution in [0, 0.1) is 5.82 Å². The van der Waals surface area contributed by atoms with Crippen molar-refractivity contribution >= 4 is 18.1 Å². The number of benzene rings is 1. The average Bonchev–Trinajstić information content (AvgIpc) is 3.16. The number of aromatic nitrogens is 4. The first-order valence-corrected chi connectivity index (χ1v) is 9.34. The van der Waals surface area contributed by atoms with Crippen LogP contribution in [0.4, 0.5) is 17.6 Å². The molecule has 0 bridgehead atoms. The minimum absolute atomic E-state index is 0.0182. The Balaban J connectivity index is 0.000000479. The van der Waals surface area contributed by atoms with Gasteiger partial charge >= 0.3 is 12.1 Å². The molecule has 0 atom stereocenters. The monoisotopic (exact) mass is 468 g/mol. The number of halogens is 4. The molecule has 0 saturated carbocycles. The van der Waals surface area contributed by atoms with E-state index in [0.29, 0.717) is 5.69 Å². The average molecular weight is 468 g/mol. The number of aliphatic carboxylic acids is 1. The summed E-state index contributed by atoms with van der Waals surface area (Å²) in [5.74, 6) is -3.23. The maximum Gasteiger partial charge on any atom is 0.490 e. The normalized spacial score (nSPS) is 12.9. The molecule has 176 valence electrons. The van der Waals surface area contributed by atoms with Gasteiger partial charge in [0.15, 0.2) is 0 Å². The number of nitrogens with one attached hydrogen (secondary N) is 3. The molecule has 0 fully saturated rings. The Morgan fingerprint density at radius 3 is 2.00 bits per heavy atom. The molecule has 3 rings (SSSR count). The maximum atomic E-state index is 13.7. The van der Waals surface area contributed by atoms with Crippen LogP contribution >= 0.6 is 0 Å². The van der Waals surface area contributed by atoms with Gasteiger partial charge in [0, 0.05) is 16.7 Å². The number of imidazole rings is 1. The van der Waals surface area contributed by atoms with Crippen molar-refractivity contribution < 1.29 is 27.5 Å². The standard InChI is InChI=1S/C19H19FN4O2.C2HF3O2/c1-19(2,3)16-13(21-10-22-16)9-15-18(26)23-14(17(25)24-15)8-11-6-4-5-7-12(11)20;3-2(4,5)1(6)7/h4-10H,1-3H3,(H,21,22)(H,23,26)(H,24,25);(H,6,7)/b14-8-,15-9-;. The summed E-state index contributed by atoms with van der Waals surface area (Å²) >= 11 is 0. The summed E-state index contributed by atoms with van der Waals surface area (Å²) in [4.78, 5) is 45.8. The number of aromatic amines is 3. The summed E-state index contributed by atoms with van der Waals surface area (Å²) in [5, 5.41) is 7.19. The van der Waals surface area contributed by atoms with Crippen molar-refractivity contribution in [3.8, 4) is 0 Å². The van der Waals surface area contributed by atoms with Crippen LogP contribution in [-0.2, 0) is 10.2 Å². The zero-order valence-electron chi connectivity index (χ0n) is 17.7. The molecule has 0 aliphatic carbocycles. The van der Waals surface area contributed by atoms with Crippen LogP contribution in [-0.4, -0.2) is 37.2 Å². The molecule has 2 aromatic heterocycles. The van der Waals surface area contributed by atoms with Gasteiger partial charge in [0.05, 0.1) is 12.0 Å². The lowest BCUT2D eigenvalue weighted by Gasteiger charge is -2.16. The van der Waals surface area contributed by atoms with E-state index in [1.54, 1.807) is 18.5 Å². The highest BCUT2D eigenvalue weighted by molar-refractivity contribution is 5.73. The number of H-pyrrole nitrogens is 3. The highest BCUT2D eigenvalue weighted by Crippen LogP contribution is 2.22. The topological polar surface area (TPSA) is 132 Å². The number of carbonyl (C=O) groups is 1. The van der Waals surface area contributed by atoms with E-state index in [0.717, 1.165) is 5.69 Å². The van der Waals surface area contributed by atoms with Gasteiger partial charge in [-0.2, -0.15) is 13.2 Å². The molecule has 3 aromatic rings. The third kappa shape index (κ3) is 6.76. The molecule has 2 heterocycles. The zero-order chi connectivity index (χ0) is 25.0. The van der Waals surface area contributed by atoms with Crippen LogP contribution in [0.1, 0.15) is 37.7 Å². The molecule has 33 heavy (non-hydrogen) atoms. The molecule has 0 aliphatic heterocycles. The Bertz CT molecular complexity index is 1380. The number of nitrogens with zero attached hydrogens (tertiary/aromatic N) is 1. The van der Waals surface area contributed by atoms with E-state index in [1.807, 2.05) is 20.8 Å². The Kier molecular flexibility index (Phi) is 7.42. The van der Waals surface area contributed by atoms with Crippen molar-refractivity contribution in [3.05, 3.63) is 84.8 Å². The molecule has 0 amide bonds. The predicted molar refractivity (Wildman–Crippen MR) is 111 cm³/mol. The van der Waals surface area contributed by atoms with Crippen molar-refractivity contribution in [1.29, 1.82) is 0 Å². The van der Waals surface area contributed by atoms with E-state index < -0.39 is 29.1 Å². The molecule has 4 N–H and O–H groups in total. The third-order valence-electron chi connectivity index (χ3n) is 4.13. The number of hydrogen-bond donors (Lipinski definition) is 4. The second kappa shape index (κ2) is 9.67. The Labute approximate surface area is 183 Å². The second-order valence-corrected chi connectivity index (χ2v) is 7.76. The SMILES string of the molecule is CC(C)(C)c1[nH]cnc1/C=c1\[nH]c(=O)/c(=C/c2ccccc2F)[nH]c1=O.O=C(O)C(F)(F)F.